The van der Waals surface area contributed by atoms with Crippen LogP contribution in [0.25, 0.3) is 0 Å². The van der Waals surface area contributed by atoms with Crippen molar-refractivity contribution in [2.45, 2.75) is 25.8 Å². The zero-order chi connectivity index (χ0) is 17.1. The van der Waals surface area contributed by atoms with Crippen LogP contribution in [-0.2, 0) is 11.3 Å². The Kier molecular flexibility index (Phi) is 6.51. The van der Waals surface area contributed by atoms with Crippen molar-refractivity contribution in [3.05, 3.63) is 65.2 Å². The van der Waals surface area contributed by atoms with Crippen molar-refractivity contribution in [2.75, 3.05) is 11.9 Å². The van der Waals surface area contributed by atoms with E-state index in [1.165, 1.54) is 6.07 Å². The minimum atomic E-state index is -0.866. The number of carbonyl (C=O) groups excluding carboxylic acids is 1. The molecular weight excluding hydrogens is 346 g/mol. The van der Waals surface area contributed by atoms with Crippen molar-refractivity contribution >= 4 is 24.0 Å². The molecule has 2 atom stereocenters. The summed E-state index contributed by atoms with van der Waals surface area (Å²) in [5.74, 6) is -2.04. The van der Waals surface area contributed by atoms with E-state index in [1.54, 1.807) is 6.07 Å². The summed E-state index contributed by atoms with van der Waals surface area (Å²) in [6, 6.07) is 11.5. The Morgan fingerprint density at radius 2 is 1.92 bits per heavy atom. The molecule has 2 aromatic rings. The van der Waals surface area contributed by atoms with Gasteiger partial charge in [0, 0.05) is 18.2 Å². The third kappa shape index (κ3) is 4.55. The zero-order valence-electron chi connectivity index (χ0n) is 13.9. The lowest BCUT2D eigenvalue weighted by molar-refractivity contribution is -0.117. The molecule has 0 saturated heterocycles. The predicted molar refractivity (Wildman–Crippen MR) is 96.9 cm³/mol. The van der Waals surface area contributed by atoms with E-state index in [0.29, 0.717) is 18.5 Å². The lowest BCUT2D eigenvalue weighted by Gasteiger charge is -2.11. The van der Waals surface area contributed by atoms with E-state index in [0.717, 1.165) is 23.9 Å². The average Bonchev–Trinajstić information content (AvgIpc) is 3.37. The highest BCUT2D eigenvalue weighted by Crippen LogP contribution is 2.48. The van der Waals surface area contributed by atoms with Gasteiger partial charge in [-0.15, -0.1) is 12.4 Å². The Morgan fingerprint density at radius 3 is 2.64 bits per heavy atom. The molecule has 2 unspecified atom stereocenters. The number of benzene rings is 2. The van der Waals surface area contributed by atoms with Crippen LogP contribution in [0.5, 0.6) is 0 Å². The summed E-state index contributed by atoms with van der Waals surface area (Å²) in [7, 11) is 0. The highest BCUT2D eigenvalue weighted by molar-refractivity contribution is 5.95. The fourth-order valence-electron chi connectivity index (χ4n) is 2.88. The van der Waals surface area contributed by atoms with Crippen LogP contribution in [0, 0.1) is 17.6 Å². The van der Waals surface area contributed by atoms with E-state index in [9.17, 15) is 13.6 Å². The summed E-state index contributed by atoms with van der Waals surface area (Å²) in [5.41, 5.74) is 2.49. The third-order valence-corrected chi connectivity index (χ3v) is 4.34. The van der Waals surface area contributed by atoms with Crippen LogP contribution in [0.3, 0.4) is 0 Å². The van der Waals surface area contributed by atoms with E-state index in [1.807, 2.05) is 31.2 Å². The van der Waals surface area contributed by atoms with Crippen LogP contribution < -0.4 is 10.6 Å². The molecule has 0 bridgehead atoms. The lowest BCUT2D eigenvalue weighted by atomic mass is 10.1. The maximum absolute atomic E-state index is 13.3. The Labute approximate surface area is 152 Å². The number of amides is 1. The van der Waals surface area contributed by atoms with Crippen LogP contribution in [0.1, 0.15) is 30.4 Å². The number of nitrogens with one attached hydrogen (secondary N) is 2. The van der Waals surface area contributed by atoms with E-state index in [-0.39, 0.29) is 30.2 Å². The molecule has 3 nitrogen and oxygen atoms in total. The Bertz CT molecular complexity index is 754. The molecule has 1 aliphatic rings. The van der Waals surface area contributed by atoms with Crippen molar-refractivity contribution in [2.24, 2.45) is 5.92 Å². The number of anilines is 1. The Morgan fingerprint density at radius 1 is 1.16 bits per heavy atom. The molecule has 2 aromatic carbocycles. The Balaban J connectivity index is 0.00000225. The predicted octanol–water partition coefficient (Wildman–Crippen LogP) is 4.24. The summed E-state index contributed by atoms with van der Waals surface area (Å²) in [6.07, 6.45) is 0.659. The molecule has 1 amide bonds. The standard InChI is InChI=1S/C19H20F2N2O.ClH/c1-2-22-11-13-5-3-4-6-18(13)23-19(24)15-10-14(15)12-7-8-16(20)17(21)9-12;/h3-9,14-15,22H,2,10-11H2,1H3,(H,23,24);1H. The van der Waals surface area contributed by atoms with Gasteiger partial charge >= 0.3 is 0 Å². The normalized spacial score (nSPS) is 18.4. The van der Waals surface area contributed by atoms with Crippen molar-refractivity contribution in [1.82, 2.24) is 5.32 Å². The first-order valence-electron chi connectivity index (χ1n) is 8.14. The number of rotatable bonds is 6. The molecule has 0 spiro atoms. The molecule has 3 rings (SSSR count). The van der Waals surface area contributed by atoms with Gasteiger partial charge in [-0.2, -0.15) is 0 Å². The summed E-state index contributed by atoms with van der Waals surface area (Å²) in [4.78, 5) is 12.4. The number of hydrogen-bond acceptors (Lipinski definition) is 2. The number of para-hydroxylation sites is 1. The minimum Gasteiger partial charge on any atom is -0.326 e. The van der Waals surface area contributed by atoms with Gasteiger partial charge in [0.2, 0.25) is 5.91 Å². The molecule has 6 heteroatoms. The number of halogens is 3. The molecule has 0 aliphatic heterocycles. The van der Waals surface area contributed by atoms with Gasteiger partial charge in [0.1, 0.15) is 0 Å². The van der Waals surface area contributed by atoms with Crippen LogP contribution in [0.15, 0.2) is 42.5 Å². The van der Waals surface area contributed by atoms with Gasteiger partial charge in [0.25, 0.3) is 0 Å². The second kappa shape index (κ2) is 8.41. The van der Waals surface area contributed by atoms with Crippen molar-refractivity contribution < 1.29 is 13.6 Å². The highest BCUT2D eigenvalue weighted by atomic mass is 35.5. The maximum atomic E-state index is 13.3. The largest absolute Gasteiger partial charge is 0.326 e. The van der Waals surface area contributed by atoms with Gasteiger partial charge in [0.05, 0.1) is 0 Å². The highest BCUT2D eigenvalue weighted by Gasteiger charge is 2.44. The number of hydrogen-bond donors (Lipinski definition) is 2. The van der Waals surface area contributed by atoms with E-state index < -0.39 is 11.6 Å². The monoisotopic (exact) mass is 366 g/mol. The molecule has 0 radical (unpaired) electrons. The van der Waals surface area contributed by atoms with Gasteiger partial charge in [0.15, 0.2) is 11.6 Å². The van der Waals surface area contributed by atoms with Crippen LogP contribution >= 0.6 is 12.4 Å². The maximum Gasteiger partial charge on any atom is 0.228 e. The van der Waals surface area contributed by atoms with Crippen molar-refractivity contribution in [3.63, 3.8) is 0 Å². The van der Waals surface area contributed by atoms with Gasteiger partial charge in [-0.1, -0.05) is 31.2 Å². The SMILES string of the molecule is CCNCc1ccccc1NC(=O)C1CC1c1ccc(F)c(F)c1.Cl. The molecule has 0 heterocycles. The summed E-state index contributed by atoms with van der Waals surface area (Å²) < 4.78 is 26.3. The van der Waals surface area contributed by atoms with E-state index >= 15 is 0 Å². The van der Waals surface area contributed by atoms with Crippen LogP contribution in [-0.4, -0.2) is 12.5 Å². The van der Waals surface area contributed by atoms with E-state index in [2.05, 4.69) is 10.6 Å². The molecule has 1 saturated carbocycles. The van der Waals surface area contributed by atoms with Gasteiger partial charge in [-0.25, -0.2) is 8.78 Å². The summed E-state index contributed by atoms with van der Waals surface area (Å²) >= 11 is 0. The second-order valence-corrected chi connectivity index (χ2v) is 6.05. The van der Waals surface area contributed by atoms with Crippen molar-refractivity contribution in [1.29, 1.82) is 0 Å². The fourth-order valence-corrected chi connectivity index (χ4v) is 2.88. The minimum absolute atomic E-state index is 0. The summed E-state index contributed by atoms with van der Waals surface area (Å²) in [5, 5.41) is 6.20. The molecule has 2 N–H and O–H groups in total. The quantitative estimate of drug-likeness (QED) is 0.803. The van der Waals surface area contributed by atoms with E-state index in [4.69, 9.17) is 0 Å². The summed E-state index contributed by atoms with van der Waals surface area (Å²) in [6.45, 7) is 3.56. The molecule has 25 heavy (non-hydrogen) atoms. The fraction of sp³-hybridized carbons (Fsp3) is 0.316. The molecule has 134 valence electrons. The molecular formula is C19H21ClF2N2O. The van der Waals surface area contributed by atoms with Gasteiger partial charge in [-0.3, -0.25) is 4.79 Å². The third-order valence-electron chi connectivity index (χ3n) is 4.34. The average molecular weight is 367 g/mol. The van der Waals surface area contributed by atoms with Gasteiger partial charge in [-0.05, 0) is 48.2 Å². The topological polar surface area (TPSA) is 41.1 Å². The first kappa shape index (κ1) is 19.3. The second-order valence-electron chi connectivity index (χ2n) is 6.05. The first-order valence-corrected chi connectivity index (χ1v) is 8.14. The first-order chi connectivity index (χ1) is 11.6. The van der Waals surface area contributed by atoms with Crippen LogP contribution in [0.2, 0.25) is 0 Å². The smallest absolute Gasteiger partial charge is 0.228 e. The Hall–Kier alpha value is -1.98. The van der Waals surface area contributed by atoms with Gasteiger partial charge < -0.3 is 10.6 Å². The molecule has 1 aliphatic carbocycles. The number of carbonyl (C=O) groups is 1. The molecule has 0 aromatic heterocycles. The van der Waals surface area contributed by atoms with Crippen molar-refractivity contribution in [3.8, 4) is 0 Å². The zero-order valence-corrected chi connectivity index (χ0v) is 14.7. The lowest BCUT2D eigenvalue weighted by Crippen LogP contribution is -2.18. The van der Waals surface area contributed by atoms with Crippen LogP contribution in [0.4, 0.5) is 14.5 Å². The molecule has 1 fully saturated rings.